The Bertz CT molecular complexity index is 792. The number of carbonyl (C=O) groups is 1. The summed E-state index contributed by atoms with van der Waals surface area (Å²) < 4.78 is 25.3. The van der Waals surface area contributed by atoms with E-state index < -0.39 is 10.0 Å². The molecule has 0 fully saturated rings. The van der Waals surface area contributed by atoms with Crippen molar-refractivity contribution in [3.63, 3.8) is 0 Å². The molecule has 0 saturated carbocycles. The van der Waals surface area contributed by atoms with Crippen LogP contribution in [0, 0.1) is 6.92 Å². The molecule has 0 heterocycles. The van der Waals surface area contributed by atoms with Gasteiger partial charge in [-0.15, -0.1) is 0 Å². The van der Waals surface area contributed by atoms with Crippen LogP contribution in [0.2, 0.25) is 0 Å². The van der Waals surface area contributed by atoms with Gasteiger partial charge in [-0.3, -0.25) is 4.31 Å². The minimum atomic E-state index is -3.43. The summed E-state index contributed by atoms with van der Waals surface area (Å²) in [5.74, 6) is 0. The van der Waals surface area contributed by atoms with Crippen LogP contribution in [0.5, 0.6) is 0 Å². The van der Waals surface area contributed by atoms with Gasteiger partial charge in [0, 0.05) is 12.2 Å². The van der Waals surface area contributed by atoms with E-state index in [4.69, 9.17) is 0 Å². The number of para-hydroxylation sites is 1. The van der Waals surface area contributed by atoms with E-state index in [1.807, 2.05) is 31.2 Å². The second-order valence-electron chi connectivity index (χ2n) is 5.42. The maximum atomic E-state index is 12.0. The molecule has 0 aromatic heterocycles. The summed E-state index contributed by atoms with van der Waals surface area (Å²) >= 11 is 0. The third-order valence-corrected chi connectivity index (χ3v) is 4.52. The van der Waals surface area contributed by atoms with Crippen molar-refractivity contribution in [3.8, 4) is 0 Å². The number of anilines is 2. The third kappa shape index (κ3) is 5.27. The van der Waals surface area contributed by atoms with Crippen LogP contribution in [0.1, 0.15) is 5.56 Å². The molecular formula is C17H21N3O3S. The monoisotopic (exact) mass is 347 g/mol. The molecule has 2 rings (SSSR count). The number of sulfonamides is 1. The van der Waals surface area contributed by atoms with Crippen molar-refractivity contribution in [2.24, 2.45) is 0 Å². The van der Waals surface area contributed by atoms with E-state index in [0.717, 1.165) is 11.8 Å². The first-order valence-corrected chi connectivity index (χ1v) is 9.35. The third-order valence-electron chi connectivity index (χ3n) is 3.32. The molecule has 0 spiro atoms. The summed E-state index contributed by atoms with van der Waals surface area (Å²) in [4.78, 5) is 11.8. The Balaban J connectivity index is 1.95. The molecule has 2 aromatic rings. The number of nitrogens with one attached hydrogen (secondary N) is 2. The normalized spacial score (nSPS) is 10.9. The van der Waals surface area contributed by atoms with Crippen LogP contribution in [-0.2, 0) is 10.0 Å². The Morgan fingerprint density at radius 1 is 1.08 bits per heavy atom. The molecule has 0 atom stereocenters. The van der Waals surface area contributed by atoms with E-state index in [1.54, 1.807) is 30.3 Å². The Morgan fingerprint density at radius 2 is 1.79 bits per heavy atom. The number of urea groups is 1. The molecule has 6 nitrogen and oxygen atoms in total. The smallest absolute Gasteiger partial charge is 0.319 e. The van der Waals surface area contributed by atoms with Crippen LogP contribution in [0.3, 0.4) is 0 Å². The van der Waals surface area contributed by atoms with Crippen LogP contribution in [-0.4, -0.2) is 33.8 Å². The lowest BCUT2D eigenvalue weighted by molar-refractivity contribution is 0.252. The summed E-state index contributed by atoms with van der Waals surface area (Å²) in [6, 6.07) is 15.9. The molecule has 2 aromatic carbocycles. The number of benzene rings is 2. The first kappa shape index (κ1) is 17.8. The predicted molar refractivity (Wildman–Crippen MR) is 96.8 cm³/mol. The van der Waals surface area contributed by atoms with Crippen molar-refractivity contribution in [1.29, 1.82) is 0 Å². The van der Waals surface area contributed by atoms with Crippen molar-refractivity contribution < 1.29 is 13.2 Å². The molecule has 2 N–H and O–H groups in total. The van der Waals surface area contributed by atoms with Gasteiger partial charge in [0.2, 0.25) is 10.0 Å². The van der Waals surface area contributed by atoms with Gasteiger partial charge in [0.25, 0.3) is 0 Å². The van der Waals surface area contributed by atoms with Crippen LogP contribution >= 0.6 is 0 Å². The van der Waals surface area contributed by atoms with Crippen molar-refractivity contribution >= 4 is 27.4 Å². The molecule has 2 amide bonds. The number of hydrogen-bond donors (Lipinski definition) is 2. The van der Waals surface area contributed by atoms with Gasteiger partial charge in [-0.05, 0) is 36.8 Å². The number of rotatable bonds is 6. The van der Waals surface area contributed by atoms with E-state index in [-0.39, 0.29) is 19.1 Å². The Hall–Kier alpha value is -2.54. The Kier molecular flexibility index (Phi) is 5.81. The Labute approximate surface area is 142 Å². The van der Waals surface area contributed by atoms with Crippen LogP contribution in [0.4, 0.5) is 16.2 Å². The molecule has 0 bridgehead atoms. The largest absolute Gasteiger partial charge is 0.336 e. The number of aryl methyl sites for hydroxylation is 1. The summed E-state index contributed by atoms with van der Waals surface area (Å²) in [5, 5.41) is 5.35. The highest BCUT2D eigenvalue weighted by Gasteiger charge is 2.17. The van der Waals surface area contributed by atoms with Gasteiger partial charge in [-0.2, -0.15) is 0 Å². The van der Waals surface area contributed by atoms with E-state index in [9.17, 15) is 13.2 Å². The maximum absolute atomic E-state index is 12.0. The molecule has 0 aliphatic rings. The summed E-state index contributed by atoms with van der Waals surface area (Å²) in [6.07, 6.45) is 1.15. The molecule has 0 radical (unpaired) electrons. The average molecular weight is 347 g/mol. The lowest BCUT2D eigenvalue weighted by Gasteiger charge is -2.23. The van der Waals surface area contributed by atoms with Crippen LogP contribution in [0.15, 0.2) is 54.6 Å². The highest BCUT2D eigenvalue weighted by atomic mass is 32.2. The molecule has 0 aliphatic carbocycles. The number of amides is 2. The fourth-order valence-corrected chi connectivity index (χ4v) is 3.16. The van der Waals surface area contributed by atoms with Gasteiger partial charge in [0.15, 0.2) is 0 Å². The summed E-state index contributed by atoms with van der Waals surface area (Å²) in [7, 11) is -3.43. The average Bonchev–Trinajstić information content (AvgIpc) is 2.51. The maximum Gasteiger partial charge on any atom is 0.319 e. The van der Waals surface area contributed by atoms with E-state index in [0.29, 0.717) is 11.4 Å². The van der Waals surface area contributed by atoms with Crippen molar-refractivity contribution in [2.45, 2.75) is 6.92 Å². The quantitative estimate of drug-likeness (QED) is 0.843. The van der Waals surface area contributed by atoms with Crippen LogP contribution in [0.25, 0.3) is 0 Å². The molecule has 128 valence electrons. The molecule has 0 saturated heterocycles. The van der Waals surface area contributed by atoms with E-state index in [2.05, 4.69) is 10.6 Å². The lowest BCUT2D eigenvalue weighted by Crippen LogP contribution is -2.39. The van der Waals surface area contributed by atoms with Crippen LogP contribution < -0.4 is 14.9 Å². The van der Waals surface area contributed by atoms with Gasteiger partial charge in [-0.1, -0.05) is 30.3 Å². The van der Waals surface area contributed by atoms with Gasteiger partial charge >= 0.3 is 6.03 Å². The van der Waals surface area contributed by atoms with Crippen molar-refractivity contribution in [2.75, 3.05) is 29.0 Å². The molecule has 7 heteroatoms. The fraction of sp³-hybridized carbons (Fsp3) is 0.235. The first-order valence-electron chi connectivity index (χ1n) is 7.50. The number of nitrogens with zero attached hydrogens (tertiary/aromatic N) is 1. The van der Waals surface area contributed by atoms with E-state index >= 15 is 0 Å². The highest BCUT2D eigenvalue weighted by Crippen LogP contribution is 2.18. The fourth-order valence-electron chi connectivity index (χ4n) is 2.24. The topological polar surface area (TPSA) is 78.5 Å². The number of hydrogen-bond acceptors (Lipinski definition) is 3. The second-order valence-corrected chi connectivity index (χ2v) is 7.33. The van der Waals surface area contributed by atoms with Gasteiger partial charge in [0.1, 0.15) is 0 Å². The SMILES string of the molecule is Cc1cccc(N(CCNC(=O)Nc2ccccc2)S(C)(=O)=O)c1. The zero-order valence-electron chi connectivity index (χ0n) is 13.7. The summed E-state index contributed by atoms with van der Waals surface area (Å²) in [6.45, 7) is 2.25. The molecule has 0 aliphatic heterocycles. The molecule has 24 heavy (non-hydrogen) atoms. The zero-order chi connectivity index (χ0) is 17.6. The second kappa shape index (κ2) is 7.83. The highest BCUT2D eigenvalue weighted by molar-refractivity contribution is 7.92. The minimum absolute atomic E-state index is 0.157. The lowest BCUT2D eigenvalue weighted by atomic mass is 10.2. The minimum Gasteiger partial charge on any atom is -0.336 e. The van der Waals surface area contributed by atoms with Crippen molar-refractivity contribution in [3.05, 3.63) is 60.2 Å². The molecule has 0 unspecified atom stereocenters. The van der Waals surface area contributed by atoms with Gasteiger partial charge in [-0.25, -0.2) is 13.2 Å². The Morgan fingerprint density at radius 3 is 2.42 bits per heavy atom. The predicted octanol–water partition coefficient (Wildman–Crippen LogP) is 2.58. The van der Waals surface area contributed by atoms with Gasteiger partial charge < -0.3 is 10.6 Å². The first-order chi connectivity index (χ1) is 11.4. The number of carbonyl (C=O) groups excluding carboxylic acids is 1. The van der Waals surface area contributed by atoms with E-state index in [1.165, 1.54) is 4.31 Å². The summed E-state index contributed by atoms with van der Waals surface area (Å²) in [5.41, 5.74) is 2.23. The zero-order valence-corrected chi connectivity index (χ0v) is 14.5. The van der Waals surface area contributed by atoms with Crippen molar-refractivity contribution in [1.82, 2.24) is 5.32 Å². The van der Waals surface area contributed by atoms with Gasteiger partial charge in [0.05, 0.1) is 18.5 Å². The standard InChI is InChI=1S/C17H21N3O3S/c1-14-7-6-10-16(13-14)20(24(2,22)23)12-11-18-17(21)19-15-8-4-3-5-9-15/h3-10,13H,11-12H2,1-2H3,(H2,18,19,21). The molecular weight excluding hydrogens is 326 g/mol.